The number of aromatic nitrogens is 3. The van der Waals surface area contributed by atoms with Gasteiger partial charge in [-0.1, -0.05) is 37.6 Å². The Balaban J connectivity index is 0.00000160. The van der Waals surface area contributed by atoms with Crippen molar-refractivity contribution >= 4 is 53.4 Å². The van der Waals surface area contributed by atoms with Gasteiger partial charge in [-0.05, 0) is 29.7 Å². The molecule has 9 heteroatoms. The van der Waals surface area contributed by atoms with Crippen molar-refractivity contribution in [3.05, 3.63) is 58.9 Å². The van der Waals surface area contributed by atoms with E-state index in [1.165, 1.54) is 0 Å². The first-order valence-electron chi connectivity index (χ1n) is 9.61. The summed E-state index contributed by atoms with van der Waals surface area (Å²) >= 11 is 6.17. The van der Waals surface area contributed by atoms with Crippen LogP contribution in [0.2, 0.25) is 5.02 Å². The summed E-state index contributed by atoms with van der Waals surface area (Å²) in [5, 5.41) is 9.37. The number of hydrogen-bond acceptors (Lipinski definition) is 4. The Morgan fingerprint density at radius 1 is 1.27 bits per heavy atom. The molecule has 4 rings (SSSR count). The predicted molar refractivity (Wildman–Crippen MR) is 125 cm³/mol. The summed E-state index contributed by atoms with van der Waals surface area (Å²) in [5.41, 5.74) is 2.44. The van der Waals surface area contributed by atoms with Crippen molar-refractivity contribution in [2.24, 2.45) is 5.92 Å². The van der Waals surface area contributed by atoms with Crippen LogP contribution in [0.5, 0.6) is 0 Å². The van der Waals surface area contributed by atoms with Crippen molar-refractivity contribution in [2.75, 3.05) is 19.6 Å². The predicted octanol–water partition coefficient (Wildman–Crippen LogP) is 4.37. The quantitative estimate of drug-likeness (QED) is 0.615. The minimum Gasteiger partial charge on any atom is -0.329 e. The Morgan fingerprint density at radius 3 is 2.80 bits per heavy atom. The van der Waals surface area contributed by atoms with E-state index in [4.69, 9.17) is 11.6 Å². The molecule has 3 heterocycles. The van der Waals surface area contributed by atoms with Crippen LogP contribution >= 0.6 is 36.4 Å². The number of carbonyl (C=O) groups is 1. The molecule has 0 spiro atoms. The van der Waals surface area contributed by atoms with Gasteiger partial charge in [0.25, 0.3) is 5.91 Å². The van der Waals surface area contributed by atoms with E-state index in [-0.39, 0.29) is 36.8 Å². The molecular formula is C21H26Cl3N5O. The summed E-state index contributed by atoms with van der Waals surface area (Å²) in [4.78, 5) is 19.7. The number of pyridine rings is 1. The van der Waals surface area contributed by atoms with Crippen molar-refractivity contribution in [2.45, 2.75) is 26.4 Å². The molecular weight excluding hydrogens is 445 g/mol. The number of carbonyl (C=O) groups excluding carboxylic acids is 1. The molecule has 30 heavy (non-hydrogen) atoms. The standard InChI is InChI=1S/C21H24ClN5O.2ClH/c1-14(2)13-27-20-16(11-25-27)8-17(10-24-20)21(28)26-7-6-23-12-19(26)15-4-3-5-18(22)9-15;;/h3-5,8-11,14,19,23H,6-7,12-13H2,1-2H3;2*1H. The fourth-order valence-corrected chi connectivity index (χ4v) is 3.89. The lowest BCUT2D eigenvalue weighted by atomic mass is 10.0. The van der Waals surface area contributed by atoms with E-state index in [1.807, 2.05) is 39.9 Å². The zero-order valence-electron chi connectivity index (χ0n) is 16.9. The lowest BCUT2D eigenvalue weighted by Crippen LogP contribution is -2.48. The van der Waals surface area contributed by atoms with Crippen LogP contribution in [0.25, 0.3) is 11.0 Å². The molecule has 1 unspecified atom stereocenters. The highest BCUT2D eigenvalue weighted by Crippen LogP contribution is 2.27. The molecule has 1 saturated heterocycles. The van der Waals surface area contributed by atoms with Crippen LogP contribution in [0, 0.1) is 5.92 Å². The third kappa shape index (κ3) is 5.06. The summed E-state index contributed by atoms with van der Waals surface area (Å²) in [5.74, 6) is 0.461. The smallest absolute Gasteiger partial charge is 0.256 e. The zero-order valence-corrected chi connectivity index (χ0v) is 19.3. The average Bonchev–Trinajstić information content (AvgIpc) is 3.09. The number of nitrogens with one attached hydrogen (secondary N) is 1. The number of rotatable bonds is 4. The van der Waals surface area contributed by atoms with Gasteiger partial charge in [-0.15, -0.1) is 24.8 Å². The van der Waals surface area contributed by atoms with Gasteiger partial charge in [0.1, 0.15) is 0 Å². The largest absolute Gasteiger partial charge is 0.329 e. The minimum atomic E-state index is -0.0562. The molecule has 0 aliphatic carbocycles. The number of amides is 1. The fraction of sp³-hybridized carbons (Fsp3) is 0.381. The molecule has 6 nitrogen and oxygen atoms in total. The van der Waals surface area contributed by atoms with E-state index < -0.39 is 0 Å². The molecule has 1 atom stereocenters. The van der Waals surface area contributed by atoms with Gasteiger partial charge in [0.2, 0.25) is 0 Å². The highest BCUT2D eigenvalue weighted by Gasteiger charge is 2.29. The Labute approximate surface area is 193 Å². The molecule has 3 aromatic rings. The molecule has 1 amide bonds. The summed E-state index contributed by atoms with van der Waals surface area (Å²) in [7, 11) is 0. The van der Waals surface area contributed by atoms with Crippen LogP contribution in [0.1, 0.15) is 35.8 Å². The minimum absolute atomic E-state index is 0. The van der Waals surface area contributed by atoms with Gasteiger partial charge >= 0.3 is 0 Å². The lowest BCUT2D eigenvalue weighted by Gasteiger charge is -2.36. The molecule has 0 saturated carbocycles. The van der Waals surface area contributed by atoms with E-state index in [9.17, 15) is 4.79 Å². The van der Waals surface area contributed by atoms with Crippen molar-refractivity contribution in [1.29, 1.82) is 0 Å². The zero-order chi connectivity index (χ0) is 19.7. The number of fused-ring (bicyclic) bond motifs is 1. The SMILES string of the molecule is CC(C)Cn1ncc2cc(C(=O)N3CCNCC3c3cccc(Cl)c3)cnc21.Cl.Cl. The summed E-state index contributed by atoms with van der Waals surface area (Å²) in [6, 6.07) is 9.55. The Kier molecular flexibility index (Phi) is 8.50. The monoisotopic (exact) mass is 469 g/mol. The van der Waals surface area contributed by atoms with Crippen LogP contribution in [0.4, 0.5) is 0 Å². The number of benzene rings is 1. The molecule has 162 valence electrons. The molecule has 1 aromatic carbocycles. The van der Waals surface area contributed by atoms with Gasteiger partial charge < -0.3 is 10.2 Å². The first-order valence-corrected chi connectivity index (χ1v) is 9.99. The van der Waals surface area contributed by atoms with E-state index in [0.717, 1.165) is 29.7 Å². The third-order valence-corrected chi connectivity index (χ3v) is 5.23. The number of nitrogens with zero attached hydrogens (tertiary/aromatic N) is 4. The van der Waals surface area contributed by atoms with Crippen LogP contribution < -0.4 is 5.32 Å². The molecule has 1 N–H and O–H groups in total. The molecule has 1 aliphatic rings. The van der Waals surface area contributed by atoms with Gasteiger partial charge in [-0.2, -0.15) is 5.10 Å². The molecule has 1 aliphatic heterocycles. The topological polar surface area (TPSA) is 63.1 Å². The maximum absolute atomic E-state index is 13.3. The maximum atomic E-state index is 13.3. The van der Waals surface area contributed by atoms with Crippen molar-refractivity contribution in [3.8, 4) is 0 Å². The number of hydrogen-bond donors (Lipinski definition) is 1. The van der Waals surface area contributed by atoms with Crippen molar-refractivity contribution in [1.82, 2.24) is 25.0 Å². The van der Waals surface area contributed by atoms with E-state index in [0.29, 0.717) is 29.6 Å². The van der Waals surface area contributed by atoms with Crippen molar-refractivity contribution in [3.63, 3.8) is 0 Å². The van der Waals surface area contributed by atoms with Crippen LogP contribution in [0.3, 0.4) is 0 Å². The Bertz CT molecular complexity index is 1010. The second-order valence-corrected chi connectivity index (χ2v) is 8.07. The second-order valence-electron chi connectivity index (χ2n) is 7.63. The summed E-state index contributed by atoms with van der Waals surface area (Å²) in [6.45, 7) is 7.20. The number of piperazine rings is 1. The summed E-state index contributed by atoms with van der Waals surface area (Å²) < 4.78 is 1.90. The number of halogens is 3. The highest BCUT2D eigenvalue weighted by molar-refractivity contribution is 6.30. The highest BCUT2D eigenvalue weighted by atomic mass is 35.5. The van der Waals surface area contributed by atoms with Gasteiger partial charge in [-0.3, -0.25) is 4.79 Å². The van der Waals surface area contributed by atoms with Gasteiger partial charge in [0, 0.05) is 42.8 Å². The van der Waals surface area contributed by atoms with Crippen LogP contribution in [-0.4, -0.2) is 45.2 Å². The Morgan fingerprint density at radius 2 is 2.07 bits per heavy atom. The molecule has 0 radical (unpaired) electrons. The first kappa shape index (κ1) is 24.4. The van der Waals surface area contributed by atoms with Crippen LogP contribution in [-0.2, 0) is 6.54 Å². The molecule has 1 fully saturated rings. The van der Waals surface area contributed by atoms with E-state index in [1.54, 1.807) is 12.4 Å². The van der Waals surface area contributed by atoms with Gasteiger partial charge in [-0.25, -0.2) is 9.67 Å². The first-order chi connectivity index (χ1) is 13.5. The average molecular weight is 471 g/mol. The Hall–Kier alpha value is -1.86. The molecule has 0 bridgehead atoms. The molecule has 2 aromatic heterocycles. The third-order valence-electron chi connectivity index (χ3n) is 5.00. The fourth-order valence-electron chi connectivity index (χ4n) is 3.69. The van der Waals surface area contributed by atoms with E-state index >= 15 is 0 Å². The van der Waals surface area contributed by atoms with Crippen molar-refractivity contribution < 1.29 is 4.79 Å². The van der Waals surface area contributed by atoms with Gasteiger partial charge in [0.05, 0.1) is 17.8 Å². The maximum Gasteiger partial charge on any atom is 0.256 e. The summed E-state index contributed by atoms with van der Waals surface area (Å²) in [6.07, 6.45) is 3.45. The lowest BCUT2D eigenvalue weighted by molar-refractivity contribution is 0.0634. The normalized spacial score (nSPS) is 16.3. The van der Waals surface area contributed by atoms with Crippen LogP contribution in [0.15, 0.2) is 42.7 Å². The van der Waals surface area contributed by atoms with E-state index in [2.05, 4.69) is 29.2 Å². The van der Waals surface area contributed by atoms with Gasteiger partial charge in [0.15, 0.2) is 5.65 Å². The second kappa shape index (κ2) is 10.4.